The fourth-order valence-corrected chi connectivity index (χ4v) is 3.99. The number of hydrogen-bond donors (Lipinski definition) is 1. The summed E-state index contributed by atoms with van der Waals surface area (Å²) in [7, 11) is 6.71. The molecule has 4 rings (SSSR count). The first kappa shape index (κ1) is 23.7. The average Bonchev–Trinajstić information content (AvgIpc) is 3.23. The van der Waals surface area contributed by atoms with Gasteiger partial charge >= 0.3 is 0 Å². The van der Waals surface area contributed by atoms with E-state index in [1.165, 1.54) is 0 Å². The average molecular weight is 469 g/mol. The zero-order valence-electron chi connectivity index (χ0n) is 20.2. The van der Waals surface area contributed by atoms with Crippen molar-refractivity contribution in [1.29, 1.82) is 0 Å². The van der Waals surface area contributed by atoms with Crippen molar-refractivity contribution in [3.63, 3.8) is 0 Å². The number of ketones is 1. The zero-order valence-corrected chi connectivity index (χ0v) is 20.2. The summed E-state index contributed by atoms with van der Waals surface area (Å²) in [6, 6.07) is 19.5. The van der Waals surface area contributed by atoms with Crippen molar-refractivity contribution in [3.8, 4) is 17.2 Å². The maximum absolute atomic E-state index is 12.8. The maximum Gasteiger partial charge on any atom is 0.203 e. The number of nitrogens with zero attached hydrogens (tertiary/aromatic N) is 1. The van der Waals surface area contributed by atoms with Gasteiger partial charge in [0.25, 0.3) is 0 Å². The van der Waals surface area contributed by atoms with E-state index in [9.17, 15) is 4.79 Å². The van der Waals surface area contributed by atoms with Gasteiger partial charge in [0.15, 0.2) is 17.3 Å². The molecule has 0 fully saturated rings. The second kappa shape index (κ2) is 10.7. The van der Waals surface area contributed by atoms with Crippen molar-refractivity contribution < 1.29 is 19.0 Å². The second-order valence-corrected chi connectivity index (χ2v) is 7.89. The van der Waals surface area contributed by atoms with Gasteiger partial charge in [0.2, 0.25) is 5.75 Å². The molecule has 1 aromatic heterocycles. The molecule has 3 aromatic carbocycles. The molecule has 0 amide bonds. The van der Waals surface area contributed by atoms with Crippen LogP contribution in [-0.2, 0) is 7.05 Å². The van der Waals surface area contributed by atoms with Gasteiger partial charge in [-0.15, -0.1) is 0 Å². The molecule has 0 saturated heterocycles. The van der Waals surface area contributed by atoms with E-state index in [4.69, 9.17) is 14.2 Å². The number of rotatable bonds is 9. The van der Waals surface area contributed by atoms with Crippen LogP contribution in [0.5, 0.6) is 17.2 Å². The van der Waals surface area contributed by atoms with Crippen LogP contribution in [0.4, 0.5) is 5.69 Å². The number of carbonyl (C=O) groups is 1. The molecule has 1 heterocycles. The Balaban J connectivity index is 1.53. The normalized spacial score (nSPS) is 11.3. The van der Waals surface area contributed by atoms with E-state index in [0.717, 1.165) is 27.7 Å². The molecule has 6 nitrogen and oxygen atoms in total. The van der Waals surface area contributed by atoms with Crippen LogP contribution in [0.25, 0.3) is 23.1 Å². The number of para-hydroxylation sites is 2. The lowest BCUT2D eigenvalue weighted by molar-refractivity contribution is 0.104. The molecule has 0 saturated carbocycles. The van der Waals surface area contributed by atoms with E-state index >= 15 is 0 Å². The van der Waals surface area contributed by atoms with Gasteiger partial charge in [-0.3, -0.25) is 4.79 Å². The van der Waals surface area contributed by atoms with Gasteiger partial charge in [-0.05, 0) is 35.4 Å². The molecule has 178 valence electrons. The lowest BCUT2D eigenvalue weighted by Gasteiger charge is -2.13. The summed E-state index contributed by atoms with van der Waals surface area (Å²) in [5.41, 5.74) is 4.44. The third-order valence-corrected chi connectivity index (χ3v) is 5.74. The van der Waals surface area contributed by atoms with E-state index in [2.05, 4.69) is 5.32 Å². The molecule has 0 unspecified atom stereocenters. The number of anilines is 1. The Hall–Kier alpha value is -4.45. The van der Waals surface area contributed by atoms with E-state index in [1.54, 1.807) is 33.6 Å². The van der Waals surface area contributed by atoms with E-state index in [1.807, 2.05) is 90.6 Å². The second-order valence-electron chi connectivity index (χ2n) is 7.89. The minimum atomic E-state index is -0.0558. The number of benzene rings is 3. The van der Waals surface area contributed by atoms with Gasteiger partial charge in [-0.1, -0.05) is 48.6 Å². The number of methoxy groups -OCH3 is 3. The van der Waals surface area contributed by atoms with Gasteiger partial charge in [0, 0.05) is 47.7 Å². The van der Waals surface area contributed by atoms with E-state index < -0.39 is 0 Å². The first-order valence-electron chi connectivity index (χ1n) is 11.1. The highest BCUT2D eigenvalue weighted by molar-refractivity contribution is 6.13. The van der Waals surface area contributed by atoms with Crippen LogP contribution in [0.1, 0.15) is 21.5 Å². The number of allylic oxidation sites excluding steroid dienone is 1. The molecule has 0 aliphatic carbocycles. The van der Waals surface area contributed by atoms with Crippen LogP contribution < -0.4 is 19.5 Å². The smallest absolute Gasteiger partial charge is 0.203 e. The molecular weight excluding hydrogens is 440 g/mol. The molecule has 0 radical (unpaired) electrons. The highest BCUT2D eigenvalue weighted by Crippen LogP contribution is 2.38. The molecule has 4 aromatic rings. The number of nitrogens with one attached hydrogen (secondary N) is 1. The fraction of sp³-hybridized carbons (Fsp3) is 0.138. The van der Waals surface area contributed by atoms with Gasteiger partial charge in [-0.25, -0.2) is 0 Å². The van der Waals surface area contributed by atoms with Crippen molar-refractivity contribution in [2.75, 3.05) is 26.6 Å². The Morgan fingerprint density at radius 2 is 1.57 bits per heavy atom. The first-order chi connectivity index (χ1) is 17.0. The standard InChI is InChI=1S/C29H28N2O4/c1-31-19-23(22-10-6-8-12-25(22)31)26(32)15-16-30-24-11-7-5-9-21(24)14-13-20-17-27(33-2)29(35-4)28(18-20)34-3/h5-19,30H,1-4H3/b14-13?,16-15-. The molecule has 6 heteroatoms. The third kappa shape index (κ3) is 5.06. The Morgan fingerprint density at radius 1 is 0.886 bits per heavy atom. The Morgan fingerprint density at radius 3 is 2.29 bits per heavy atom. The predicted octanol–water partition coefficient (Wildman–Crippen LogP) is 6.18. The fourth-order valence-electron chi connectivity index (χ4n) is 3.99. The molecule has 35 heavy (non-hydrogen) atoms. The molecule has 1 N–H and O–H groups in total. The minimum absolute atomic E-state index is 0.0558. The molecule has 0 bridgehead atoms. The summed E-state index contributed by atoms with van der Waals surface area (Å²) in [5.74, 6) is 1.68. The van der Waals surface area contributed by atoms with Crippen molar-refractivity contribution in [2.45, 2.75) is 0 Å². The summed E-state index contributed by atoms with van der Waals surface area (Å²) in [5, 5.41) is 4.18. The summed E-state index contributed by atoms with van der Waals surface area (Å²) in [6.45, 7) is 0. The maximum atomic E-state index is 12.8. The molecular formula is C29H28N2O4. The zero-order chi connectivity index (χ0) is 24.8. The Labute approximate surface area is 205 Å². The van der Waals surface area contributed by atoms with Gasteiger partial charge in [0.05, 0.1) is 21.3 Å². The molecule has 0 atom stereocenters. The van der Waals surface area contributed by atoms with Crippen LogP contribution in [0, 0.1) is 0 Å². The minimum Gasteiger partial charge on any atom is -0.493 e. The van der Waals surface area contributed by atoms with Crippen LogP contribution in [-0.4, -0.2) is 31.7 Å². The Kier molecular flexibility index (Phi) is 7.21. The van der Waals surface area contributed by atoms with Gasteiger partial charge < -0.3 is 24.1 Å². The number of aryl methyl sites for hydroxylation is 1. The predicted molar refractivity (Wildman–Crippen MR) is 141 cm³/mol. The summed E-state index contributed by atoms with van der Waals surface area (Å²) >= 11 is 0. The SMILES string of the molecule is COc1cc(C=Cc2ccccc2N/C=C\C(=O)c2cn(C)c3ccccc23)cc(OC)c1OC. The number of carbonyl (C=O) groups excluding carboxylic acids is 1. The number of aromatic nitrogens is 1. The van der Waals surface area contributed by atoms with Crippen LogP contribution in [0.3, 0.4) is 0 Å². The highest BCUT2D eigenvalue weighted by Gasteiger charge is 2.13. The quantitative estimate of drug-likeness (QED) is 0.180. The van der Waals surface area contributed by atoms with Gasteiger partial charge in [-0.2, -0.15) is 0 Å². The summed E-state index contributed by atoms with van der Waals surface area (Å²) in [4.78, 5) is 12.8. The first-order valence-corrected chi connectivity index (χ1v) is 11.1. The number of ether oxygens (including phenoxy) is 3. The monoisotopic (exact) mass is 468 g/mol. The van der Waals surface area contributed by atoms with Crippen molar-refractivity contribution >= 4 is 34.5 Å². The van der Waals surface area contributed by atoms with Gasteiger partial charge in [0.1, 0.15) is 0 Å². The number of fused-ring (bicyclic) bond motifs is 1. The third-order valence-electron chi connectivity index (χ3n) is 5.74. The summed E-state index contributed by atoms with van der Waals surface area (Å²) < 4.78 is 18.2. The molecule has 0 aliphatic heterocycles. The molecule has 0 spiro atoms. The van der Waals surface area contributed by atoms with Crippen molar-refractivity contribution in [3.05, 3.63) is 95.8 Å². The number of hydrogen-bond acceptors (Lipinski definition) is 5. The topological polar surface area (TPSA) is 61.7 Å². The Bertz CT molecular complexity index is 1390. The van der Waals surface area contributed by atoms with E-state index in [0.29, 0.717) is 22.8 Å². The van der Waals surface area contributed by atoms with Crippen molar-refractivity contribution in [1.82, 2.24) is 4.57 Å². The van der Waals surface area contributed by atoms with Crippen LogP contribution in [0.15, 0.2) is 79.1 Å². The van der Waals surface area contributed by atoms with Crippen LogP contribution >= 0.6 is 0 Å². The molecule has 0 aliphatic rings. The van der Waals surface area contributed by atoms with E-state index in [-0.39, 0.29) is 5.78 Å². The van der Waals surface area contributed by atoms with Crippen molar-refractivity contribution in [2.24, 2.45) is 7.05 Å². The largest absolute Gasteiger partial charge is 0.493 e. The summed E-state index contributed by atoms with van der Waals surface area (Å²) in [6.07, 6.45) is 9.06. The van der Waals surface area contributed by atoms with Crippen LogP contribution in [0.2, 0.25) is 0 Å². The lowest BCUT2D eigenvalue weighted by Crippen LogP contribution is -1.96. The lowest BCUT2D eigenvalue weighted by atomic mass is 10.1. The highest BCUT2D eigenvalue weighted by atomic mass is 16.5.